The fourth-order valence-electron chi connectivity index (χ4n) is 1.34. The largest absolute Gasteiger partial charge is 0.481 e. The van der Waals surface area contributed by atoms with Crippen molar-refractivity contribution >= 4 is 5.97 Å². The standard InChI is InChI=1S/C12H16O3/c1-12(2,8-13)10-5-3-9(4-6-10)7-11(14)15/h3-6,13H,7-8H2,1-2H3,(H,14,15). The van der Waals surface area contributed by atoms with Crippen LogP contribution in [0.5, 0.6) is 0 Å². The lowest BCUT2D eigenvalue weighted by atomic mass is 9.85. The Balaban J connectivity index is 2.85. The highest BCUT2D eigenvalue weighted by Crippen LogP contribution is 2.22. The molecule has 3 heteroatoms. The molecule has 1 aromatic carbocycles. The highest BCUT2D eigenvalue weighted by molar-refractivity contribution is 5.70. The number of hydrogen-bond donors (Lipinski definition) is 2. The molecule has 15 heavy (non-hydrogen) atoms. The fourth-order valence-corrected chi connectivity index (χ4v) is 1.34. The zero-order chi connectivity index (χ0) is 11.5. The SMILES string of the molecule is CC(C)(CO)c1ccc(CC(=O)O)cc1. The van der Waals surface area contributed by atoms with Crippen LogP contribution in [0.2, 0.25) is 0 Å². The molecule has 82 valence electrons. The smallest absolute Gasteiger partial charge is 0.307 e. The summed E-state index contributed by atoms with van der Waals surface area (Å²) < 4.78 is 0. The monoisotopic (exact) mass is 208 g/mol. The summed E-state index contributed by atoms with van der Waals surface area (Å²) in [6, 6.07) is 7.32. The lowest BCUT2D eigenvalue weighted by Gasteiger charge is -2.22. The number of carboxylic acid groups (broad SMARTS) is 1. The summed E-state index contributed by atoms with van der Waals surface area (Å²) in [5.74, 6) is -0.829. The van der Waals surface area contributed by atoms with E-state index in [1.807, 2.05) is 26.0 Å². The maximum absolute atomic E-state index is 10.5. The van der Waals surface area contributed by atoms with Crippen molar-refractivity contribution in [2.75, 3.05) is 6.61 Å². The minimum atomic E-state index is -0.829. The predicted molar refractivity (Wildman–Crippen MR) is 57.9 cm³/mol. The second-order valence-electron chi connectivity index (χ2n) is 4.31. The summed E-state index contributed by atoms with van der Waals surface area (Å²) in [4.78, 5) is 10.5. The molecule has 0 bridgehead atoms. The number of benzene rings is 1. The molecule has 0 aliphatic heterocycles. The molecule has 0 spiro atoms. The Morgan fingerprint density at radius 2 is 1.80 bits per heavy atom. The predicted octanol–water partition coefficient (Wildman–Crippen LogP) is 1.58. The van der Waals surface area contributed by atoms with Gasteiger partial charge < -0.3 is 10.2 Å². The molecule has 1 aromatic rings. The van der Waals surface area contributed by atoms with Gasteiger partial charge in [-0.1, -0.05) is 38.1 Å². The Morgan fingerprint density at radius 1 is 1.27 bits per heavy atom. The number of aliphatic carboxylic acids is 1. The van der Waals surface area contributed by atoms with Gasteiger partial charge in [-0.25, -0.2) is 0 Å². The van der Waals surface area contributed by atoms with Crippen LogP contribution in [0.25, 0.3) is 0 Å². The molecule has 1 rings (SSSR count). The maximum atomic E-state index is 10.5. The van der Waals surface area contributed by atoms with Crippen molar-refractivity contribution in [2.24, 2.45) is 0 Å². The van der Waals surface area contributed by atoms with Crippen molar-refractivity contribution in [2.45, 2.75) is 25.7 Å². The third-order valence-electron chi connectivity index (χ3n) is 2.49. The average Bonchev–Trinajstić information content (AvgIpc) is 2.18. The zero-order valence-electron chi connectivity index (χ0n) is 9.03. The zero-order valence-corrected chi connectivity index (χ0v) is 9.03. The van der Waals surface area contributed by atoms with Crippen LogP contribution in [0.15, 0.2) is 24.3 Å². The first-order valence-electron chi connectivity index (χ1n) is 4.88. The van der Waals surface area contributed by atoms with Gasteiger partial charge >= 0.3 is 5.97 Å². The van der Waals surface area contributed by atoms with Crippen LogP contribution in [-0.4, -0.2) is 22.8 Å². The van der Waals surface area contributed by atoms with E-state index in [1.54, 1.807) is 12.1 Å². The van der Waals surface area contributed by atoms with Crippen LogP contribution in [0.4, 0.5) is 0 Å². The molecule has 0 fully saturated rings. The Labute approximate surface area is 89.4 Å². The Kier molecular flexibility index (Phi) is 3.48. The topological polar surface area (TPSA) is 57.5 Å². The maximum Gasteiger partial charge on any atom is 0.307 e. The summed E-state index contributed by atoms with van der Waals surface area (Å²) in [6.45, 7) is 3.96. The average molecular weight is 208 g/mol. The molecule has 0 aliphatic carbocycles. The van der Waals surface area contributed by atoms with Crippen LogP contribution in [-0.2, 0) is 16.6 Å². The van der Waals surface area contributed by atoms with Crippen molar-refractivity contribution in [3.05, 3.63) is 35.4 Å². The van der Waals surface area contributed by atoms with E-state index in [0.717, 1.165) is 11.1 Å². The van der Waals surface area contributed by atoms with Gasteiger partial charge in [-0.3, -0.25) is 4.79 Å². The van der Waals surface area contributed by atoms with Crippen LogP contribution >= 0.6 is 0 Å². The molecule has 0 atom stereocenters. The van der Waals surface area contributed by atoms with Gasteiger partial charge in [-0.05, 0) is 11.1 Å². The number of rotatable bonds is 4. The van der Waals surface area contributed by atoms with Crippen molar-refractivity contribution < 1.29 is 15.0 Å². The summed E-state index contributed by atoms with van der Waals surface area (Å²) in [5.41, 5.74) is 1.51. The molecule has 0 saturated heterocycles. The first-order valence-corrected chi connectivity index (χ1v) is 4.88. The van der Waals surface area contributed by atoms with Gasteiger partial charge in [0.15, 0.2) is 0 Å². The van der Waals surface area contributed by atoms with Gasteiger partial charge in [0.1, 0.15) is 0 Å². The molecule has 0 aliphatic rings. The van der Waals surface area contributed by atoms with E-state index in [2.05, 4.69) is 0 Å². The minimum Gasteiger partial charge on any atom is -0.481 e. The summed E-state index contributed by atoms with van der Waals surface area (Å²) >= 11 is 0. The molecular weight excluding hydrogens is 192 g/mol. The summed E-state index contributed by atoms with van der Waals surface area (Å²) in [5, 5.41) is 17.8. The van der Waals surface area contributed by atoms with E-state index in [0.29, 0.717) is 0 Å². The van der Waals surface area contributed by atoms with Gasteiger partial charge in [0.2, 0.25) is 0 Å². The van der Waals surface area contributed by atoms with E-state index in [-0.39, 0.29) is 18.4 Å². The van der Waals surface area contributed by atoms with Gasteiger partial charge in [0.25, 0.3) is 0 Å². The minimum absolute atomic E-state index is 0.0415. The van der Waals surface area contributed by atoms with Crippen molar-refractivity contribution in [1.82, 2.24) is 0 Å². The van der Waals surface area contributed by atoms with E-state index in [1.165, 1.54) is 0 Å². The molecule has 0 unspecified atom stereocenters. The van der Waals surface area contributed by atoms with E-state index in [9.17, 15) is 4.79 Å². The number of hydrogen-bond acceptors (Lipinski definition) is 2. The number of carbonyl (C=O) groups is 1. The third kappa shape index (κ3) is 3.06. The van der Waals surface area contributed by atoms with E-state index < -0.39 is 5.97 Å². The second kappa shape index (κ2) is 4.45. The van der Waals surface area contributed by atoms with Crippen molar-refractivity contribution in [1.29, 1.82) is 0 Å². The van der Waals surface area contributed by atoms with Crippen LogP contribution in [0.3, 0.4) is 0 Å². The first kappa shape index (κ1) is 11.7. The van der Waals surface area contributed by atoms with Crippen molar-refractivity contribution in [3.63, 3.8) is 0 Å². The second-order valence-corrected chi connectivity index (χ2v) is 4.31. The third-order valence-corrected chi connectivity index (χ3v) is 2.49. The Bertz CT molecular complexity index is 338. The lowest BCUT2D eigenvalue weighted by Crippen LogP contribution is -2.21. The molecular formula is C12H16O3. The van der Waals surface area contributed by atoms with E-state index in [4.69, 9.17) is 10.2 Å². The quantitative estimate of drug-likeness (QED) is 0.789. The molecule has 0 radical (unpaired) electrons. The fraction of sp³-hybridized carbons (Fsp3) is 0.417. The summed E-state index contributed by atoms with van der Waals surface area (Å²) in [6.07, 6.45) is 0.0415. The van der Waals surface area contributed by atoms with E-state index >= 15 is 0 Å². The number of carboxylic acids is 1. The number of aliphatic hydroxyl groups is 1. The molecule has 0 saturated carbocycles. The lowest BCUT2D eigenvalue weighted by molar-refractivity contribution is -0.136. The van der Waals surface area contributed by atoms with Gasteiger partial charge in [-0.2, -0.15) is 0 Å². The Hall–Kier alpha value is -1.35. The molecule has 3 nitrogen and oxygen atoms in total. The van der Waals surface area contributed by atoms with Gasteiger partial charge in [0.05, 0.1) is 13.0 Å². The van der Waals surface area contributed by atoms with Crippen LogP contribution in [0.1, 0.15) is 25.0 Å². The first-order chi connectivity index (χ1) is 6.95. The Morgan fingerprint density at radius 3 is 2.20 bits per heavy atom. The van der Waals surface area contributed by atoms with Gasteiger partial charge in [-0.15, -0.1) is 0 Å². The highest BCUT2D eigenvalue weighted by Gasteiger charge is 2.18. The molecule has 0 aromatic heterocycles. The molecule has 0 amide bonds. The molecule has 0 heterocycles. The van der Waals surface area contributed by atoms with Crippen LogP contribution < -0.4 is 0 Å². The molecule has 2 N–H and O–H groups in total. The highest BCUT2D eigenvalue weighted by atomic mass is 16.4. The normalized spacial score (nSPS) is 11.4. The number of aliphatic hydroxyl groups excluding tert-OH is 1. The van der Waals surface area contributed by atoms with Crippen LogP contribution in [0, 0.1) is 0 Å². The summed E-state index contributed by atoms with van der Waals surface area (Å²) in [7, 11) is 0. The van der Waals surface area contributed by atoms with Gasteiger partial charge in [0, 0.05) is 5.41 Å². The van der Waals surface area contributed by atoms with Crippen molar-refractivity contribution in [3.8, 4) is 0 Å².